The monoisotopic (exact) mass is 394 g/mol. The molecular weight excluding hydrogens is 368 g/mol. The largest absolute Gasteiger partial charge is 0.342 e. The van der Waals surface area contributed by atoms with E-state index in [1.165, 1.54) is 0 Å². The number of rotatable bonds is 6. The van der Waals surface area contributed by atoms with Gasteiger partial charge in [-0.1, -0.05) is 38.1 Å². The fourth-order valence-corrected chi connectivity index (χ4v) is 3.45. The third kappa shape index (κ3) is 4.62. The summed E-state index contributed by atoms with van der Waals surface area (Å²) in [6.45, 7) is 6.02. The highest BCUT2D eigenvalue weighted by Gasteiger charge is 2.23. The summed E-state index contributed by atoms with van der Waals surface area (Å²) in [5.74, 6) is -0.561. The Morgan fingerprint density at radius 3 is 2.14 bits per heavy atom. The number of para-hydroxylation sites is 1. The molecule has 0 spiro atoms. The molecule has 3 amide bonds. The molecule has 152 valence electrons. The zero-order valence-electron chi connectivity index (χ0n) is 16.9. The molecule has 0 bridgehead atoms. The van der Waals surface area contributed by atoms with Crippen molar-refractivity contribution in [1.29, 1.82) is 0 Å². The van der Waals surface area contributed by atoms with E-state index in [1.807, 2.05) is 32.0 Å². The minimum atomic E-state index is -0.332. The molecule has 0 atom stereocenters. The van der Waals surface area contributed by atoms with Gasteiger partial charge in [-0.2, -0.15) is 0 Å². The fourth-order valence-electron chi connectivity index (χ4n) is 3.45. The number of hydrogen-bond donors (Lipinski definition) is 1. The first-order valence-corrected chi connectivity index (χ1v) is 9.95. The van der Waals surface area contributed by atoms with Gasteiger partial charge in [0.2, 0.25) is 6.41 Å². The summed E-state index contributed by atoms with van der Waals surface area (Å²) in [5.41, 5.74) is 3.40. The molecule has 7 heteroatoms. The number of carbonyl (C=O) groups excluding carboxylic acids is 3. The Kier molecular flexibility index (Phi) is 6.59. The lowest BCUT2D eigenvalue weighted by atomic mass is 10.0. The van der Waals surface area contributed by atoms with E-state index in [1.54, 1.807) is 28.0 Å². The molecule has 0 unspecified atom stereocenters. The van der Waals surface area contributed by atoms with Crippen LogP contribution in [0.15, 0.2) is 36.4 Å². The molecule has 1 N–H and O–H groups in total. The maximum Gasteiger partial charge on any atom is 0.274 e. The number of anilines is 1. The number of benzene rings is 1. The van der Waals surface area contributed by atoms with E-state index in [0.717, 1.165) is 36.1 Å². The molecule has 1 fully saturated rings. The molecule has 3 rings (SSSR count). The zero-order chi connectivity index (χ0) is 20.8. The van der Waals surface area contributed by atoms with Crippen LogP contribution in [0.5, 0.6) is 0 Å². The topological polar surface area (TPSA) is 82.6 Å². The number of nitrogens with one attached hydrogen (secondary N) is 1. The van der Waals surface area contributed by atoms with Crippen molar-refractivity contribution < 1.29 is 14.4 Å². The van der Waals surface area contributed by atoms with Gasteiger partial charge >= 0.3 is 0 Å². The van der Waals surface area contributed by atoms with Gasteiger partial charge in [-0.25, -0.2) is 4.98 Å². The van der Waals surface area contributed by atoms with E-state index in [-0.39, 0.29) is 23.2 Å². The van der Waals surface area contributed by atoms with Crippen LogP contribution in [-0.2, 0) is 17.6 Å². The Labute approximate surface area is 170 Å². The van der Waals surface area contributed by atoms with E-state index in [9.17, 15) is 14.4 Å². The minimum Gasteiger partial charge on any atom is -0.342 e. The average molecular weight is 394 g/mol. The van der Waals surface area contributed by atoms with Crippen LogP contribution in [0.2, 0.25) is 0 Å². The van der Waals surface area contributed by atoms with Crippen molar-refractivity contribution in [2.45, 2.75) is 26.7 Å². The second-order valence-electron chi connectivity index (χ2n) is 6.95. The van der Waals surface area contributed by atoms with Crippen LogP contribution in [0, 0.1) is 0 Å². The molecule has 7 nitrogen and oxygen atoms in total. The van der Waals surface area contributed by atoms with Crippen LogP contribution in [0.25, 0.3) is 0 Å². The van der Waals surface area contributed by atoms with Crippen LogP contribution in [0.4, 0.5) is 5.69 Å². The number of pyridine rings is 1. The molecule has 1 aliphatic rings. The molecule has 1 aliphatic heterocycles. The van der Waals surface area contributed by atoms with E-state index in [4.69, 9.17) is 0 Å². The summed E-state index contributed by atoms with van der Waals surface area (Å²) in [5, 5.41) is 2.98. The summed E-state index contributed by atoms with van der Waals surface area (Å²) in [7, 11) is 0. The third-order valence-electron chi connectivity index (χ3n) is 5.19. The maximum atomic E-state index is 12.8. The molecule has 0 radical (unpaired) electrons. The number of nitrogens with zero attached hydrogens (tertiary/aromatic N) is 3. The highest BCUT2D eigenvalue weighted by atomic mass is 16.2. The highest BCUT2D eigenvalue weighted by molar-refractivity contribution is 6.04. The molecule has 2 aromatic rings. The number of hydrogen-bond acceptors (Lipinski definition) is 4. The standard InChI is InChI=1S/C22H26N4O3/c1-3-16-7-5-8-17(4-2)20(16)24-21(28)18-9-6-10-19(23-18)22(29)26-13-11-25(15-27)12-14-26/h5-10,15H,3-4,11-14H2,1-2H3,(H,24,28). The molecule has 0 aliphatic carbocycles. The van der Waals surface area contributed by atoms with Crippen molar-refractivity contribution in [2.75, 3.05) is 31.5 Å². The highest BCUT2D eigenvalue weighted by Crippen LogP contribution is 2.23. The summed E-state index contributed by atoms with van der Waals surface area (Å²) >= 11 is 0. The summed E-state index contributed by atoms with van der Waals surface area (Å²) in [6, 6.07) is 10.9. The van der Waals surface area contributed by atoms with Gasteiger partial charge in [-0.05, 0) is 36.1 Å². The second kappa shape index (κ2) is 9.32. The van der Waals surface area contributed by atoms with Crippen molar-refractivity contribution in [3.8, 4) is 0 Å². The number of aryl methyl sites for hydroxylation is 2. The lowest BCUT2D eigenvalue weighted by Crippen LogP contribution is -2.48. The number of piperazine rings is 1. The summed E-state index contributed by atoms with van der Waals surface area (Å²) in [6.07, 6.45) is 2.41. The van der Waals surface area contributed by atoms with Crippen LogP contribution in [0.1, 0.15) is 46.0 Å². The van der Waals surface area contributed by atoms with Crippen molar-refractivity contribution in [3.05, 3.63) is 58.9 Å². The van der Waals surface area contributed by atoms with Gasteiger partial charge in [0.1, 0.15) is 11.4 Å². The number of amides is 3. The Bertz CT molecular complexity index is 882. The fraction of sp³-hybridized carbons (Fsp3) is 0.364. The van der Waals surface area contributed by atoms with Crippen LogP contribution in [-0.4, -0.2) is 59.2 Å². The summed E-state index contributed by atoms with van der Waals surface area (Å²) < 4.78 is 0. The van der Waals surface area contributed by atoms with E-state index >= 15 is 0 Å². The van der Waals surface area contributed by atoms with E-state index in [0.29, 0.717) is 26.2 Å². The smallest absolute Gasteiger partial charge is 0.274 e. The molecule has 1 aromatic heterocycles. The summed E-state index contributed by atoms with van der Waals surface area (Å²) in [4.78, 5) is 44.0. The number of aromatic nitrogens is 1. The van der Waals surface area contributed by atoms with Crippen molar-refractivity contribution in [1.82, 2.24) is 14.8 Å². The zero-order valence-corrected chi connectivity index (χ0v) is 16.9. The van der Waals surface area contributed by atoms with E-state index < -0.39 is 0 Å². The lowest BCUT2D eigenvalue weighted by molar-refractivity contribution is -0.119. The van der Waals surface area contributed by atoms with Gasteiger partial charge in [0, 0.05) is 31.9 Å². The van der Waals surface area contributed by atoms with Gasteiger partial charge in [0.25, 0.3) is 11.8 Å². The van der Waals surface area contributed by atoms with Gasteiger partial charge in [-0.3, -0.25) is 14.4 Å². The molecule has 0 saturated carbocycles. The average Bonchev–Trinajstić information content (AvgIpc) is 2.78. The van der Waals surface area contributed by atoms with Crippen LogP contribution in [0.3, 0.4) is 0 Å². The minimum absolute atomic E-state index is 0.204. The molecular formula is C22H26N4O3. The first kappa shape index (κ1) is 20.5. The van der Waals surface area contributed by atoms with Gasteiger partial charge < -0.3 is 15.1 Å². The van der Waals surface area contributed by atoms with Crippen molar-refractivity contribution in [3.63, 3.8) is 0 Å². The first-order valence-electron chi connectivity index (χ1n) is 9.95. The second-order valence-corrected chi connectivity index (χ2v) is 6.95. The van der Waals surface area contributed by atoms with Crippen LogP contribution < -0.4 is 5.32 Å². The number of carbonyl (C=O) groups is 3. The Balaban J connectivity index is 1.77. The van der Waals surface area contributed by atoms with Crippen molar-refractivity contribution >= 4 is 23.9 Å². The molecule has 29 heavy (non-hydrogen) atoms. The normalized spacial score (nSPS) is 13.9. The van der Waals surface area contributed by atoms with Gasteiger partial charge in [0.05, 0.1) is 0 Å². The predicted octanol–water partition coefficient (Wildman–Crippen LogP) is 2.37. The maximum absolute atomic E-state index is 12.8. The van der Waals surface area contributed by atoms with Gasteiger partial charge in [-0.15, -0.1) is 0 Å². The van der Waals surface area contributed by atoms with Gasteiger partial charge in [0.15, 0.2) is 0 Å². The predicted molar refractivity (Wildman–Crippen MR) is 111 cm³/mol. The Morgan fingerprint density at radius 2 is 1.55 bits per heavy atom. The Hall–Kier alpha value is -3.22. The van der Waals surface area contributed by atoms with Crippen molar-refractivity contribution in [2.24, 2.45) is 0 Å². The Morgan fingerprint density at radius 1 is 0.966 bits per heavy atom. The SMILES string of the molecule is CCc1cccc(CC)c1NC(=O)c1cccc(C(=O)N2CCN(C=O)CC2)n1. The molecule has 2 heterocycles. The van der Waals surface area contributed by atoms with Crippen LogP contribution >= 0.6 is 0 Å². The van der Waals surface area contributed by atoms with E-state index in [2.05, 4.69) is 10.3 Å². The molecule has 1 aromatic carbocycles. The lowest BCUT2D eigenvalue weighted by Gasteiger charge is -2.32. The third-order valence-corrected chi connectivity index (χ3v) is 5.19. The molecule has 1 saturated heterocycles. The quantitative estimate of drug-likeness (QED) is 0.763. The first-order chi connectivity index (χ1) is 14.1.